The molecule has 1 saturated heterocycles. The first-order chi connectivity index (χ1) is 9.46. The Kier molecular flexibility index (Phi) is 6.90. The number of carbonyl (C=O) groups is 2. The third kappa shape index (κ3) is 5.44. The molecule has 7 nitrogen and oxygen atoms in total. The molecule has 0 spiro atoms. The van der Waals surface area contributed by atoms with Crippen LogP contribution < -0.4 is 16.6 Å². The Hall–Kier alpha value is -1.18. The van der Waals surface area contributed by atoms with E-state index < -0.39 is 6.10 Å². The SMILES string of the molecule is CCN(CC(=O)NC(C)C)CC1CCC(C(=O)NN)O1. The van der Waals surface area contributed by atoms with E-state index in [1.54, 1.807) is 0 Å². The van der Waals surface area contributed by atoms with E-state index >= 15 is 0 Å². The van der Waals surface area contributed by atoms with Gasteiger partial charge in [0.25, 0.3) is 5.91 Å². The van der Waals surface area contributed by atoms with Crippen molar-refractivity contribution in [2.24, 2.45) is 5.84 Å². The van der Waals surface area contributed by atoms with Crippen molar-refractivity contribution >= 4 is 11.8 Å². The van der Waals surface area contributed by atoms with E-state index in [1.807, 2.05) is 25.7 Å². The van der Waals surface area contributed by atoms with Gasteiger partial charge < -0.3 is 10.1 Å². The summed E-state index contributed by atoms with van der Waals surface area (Å²) in [4.78, 5) is 25.1. The molecule has 0 aliphatic carbocycles. The fourth-order valence-corrected chi connectivity index (χ4v) is 2.29. The van der Waals surface area contributed by atoms with Gasteiger partial charge in [-0.25, -0.2) is 5.84 Å². The van der Waals surface area contributed by atoms with Crippen LogP contribution >= 0.6 is 0 Å². The Morgan fingerprint density at radius 3 is 2.65 bits per heavy atom. The molecule has 1 aliphatic heterocycles. The molecule has 116 valence electrons. The molecule has 2 atom stereocenters. The lowest BCUT2D eigenvalue weighted by molar-refractivity contribution is -0.133. The van der Waals surface area contributed by atoms with Crippen molar-refractivity contribution in [2.45, 2.75) is 51.9 Å². The van der Waals surface area contributed by atoms with Crippen LogP contribution in [0.1, 0.15) is 33.6 Å². The molecule has 0 aromatic heterocycles. The first kappa shape index (κ1) is 16.9. The Labute approximate surface area is 120 Å². The number of hydrazine groups is 1. The molecule has 20 heavy (non-hydrogen) atoms. The normalized spacial score (nSPS) is 22.3. The average Bonchev–Trinajstić information content (AvgIpc) is 2.84. The minimum absolute atomic E-state index is 0.0103. The van der Waals surface area contributed by atoms with Crippen LogP contribution in [0.2, 0.25) is 0 Å². The lowest BCUT2D eigenvalue weighted by Crippen LogP contribution is -2.43. The third-order valence-electron chi connectivity index (χ3n) is 3.27. The van der Waals surface area contributed by atoms with Gasteiger partial charge in [-0.1, -0.05) is 6.92 Å². The molecule has 0 bridgehead atoms. The summed E-state index contributed by atoms with van der Waals surface area (Å²) in [6, 6.07) is 0.140. The number of hydrogen-bond donors (Lipinski definition) is 3. The third-order valence-corrected chi connectivity index (χ3v) is 3.27. The molecule has 2 unspecified atom stereocenters. The van der Waals surface area contributed by atoms with E-state index in [-0.39, 0.29) is 24.0 Å². The Balaban J connectivity index is 2.38. The van der Waals surface area contributed by atoms with Crippen molar-refractivity contribution in [2.75, 3.05) is 19.6 Å². The summed E-state index contributed by atoms with van der Waals surface area (Å²) in [7, 11) is 0. The van der Waals surface area contributed by atoms with Gasteiger partial charge in [-0.2, -0.15) is 0 Å². The zero-order valence-corrected chi connectivity index (χ0v) is 12.5. The van der Waals surface area contributed by atoms with Gasteiger partial charge >= 0.3 is 0 Å². The number of nitrogens with one attached hydrogen (secondary N) is 2. The molecule has 2 amide bonds. The summed E-state index contributed by atoms with van der Waals surface area (Å²) in [6.45, 7) is 7.63. The van der Waals surface area contributed by atoms with E-state index in [0.29, 0.717) is 19.5 Å². The van der Waals surface area contributed by atoms with Gasteiger partial charge in [0.15, 0.2) is 0 Å². The van der Waals surface area contributed by atoms with Crippen LogP contribution in [-0.2, 0) is 14.3 Å². The number of likely N-dealkylation sites (N-methyl/N-ethyl adjacent to an activating group) is 1. The summed E-state index contributed by atoms with van der Waals surface area (Å²) in [6.07, 6.45) is 0.987. The second kappa shape index (κ2) is 8.18. The number of carbonyl (C=O) groups excluding carboxylic acids is 2. The maximum absolute atomic E-state index is 11.7. The van der Waals surface area contributed by atoms with Crippen molar-refractivity contribution in [1.82, 2.24) is 15.6 Å². The molecule has 0 radical (unpaired) electrons. The van der Waals surface area contributed by atoms with Gasteiger partial charge in [0, 0.05) is 12.6 Å². The summed E-state index contributed by atoms with van der Waals surface area (Å²) in [5, 5.41) is 2.87. The number of nitrogens with two attached hydrogens (primary N) is 1. The van der Waals surface area contributed by atoms with Crippen molar-refractivity contribution in [1.29, 1.82) is 0 Å². The fraction of sp³-hybridized carbons (Fsp3) is 0.846. The fourth-order valence-electron chi connectivity index (χ4n) is 2.29. The summed E-state index contributed by atoms with van der Waals surface area (Å²) < 4.78 is 5.64. The highest BCUT2D eigenvalue weighted by atomic mass is 16.5. The van der Waals surface area contributed by atoms with Crippen LogP contribution in [0.3, 0.4) is 0 Å². The molecular formula is C13H26N4O3. The Morgan fingerprint density at radius 2 is 2.10 bits per heavy atom. The summed E-state index contributed by atoms with van der Waals surface area (Å²) in [5.74, 6) is 4.82. The molecule has 1 fully saturated rings. The standard InChI is InChI=1S/C13H26N4O3/c1-4-17(8-12(18)15-9(2)3)7-10-5-6-11(20-10)13(19)16-14/h9-11H,4-8,14H2,1-3H3,(H,15,18)(H,16,19). The Morgan fingerprint density at radius 1 is 1.40 bits per heavy atom. The number of amides is 2. The first-order valence-electron chi connectivity index (χ1n) is 7.13. The zero-order chi connectivity index (χ0) is 15.1. The summed E-state index contributed by atoms with van der Waals surface area (Å²) in [5.41, 5.74) is 2.11. The van der Waals surface area contributed by atoms with Crippen molar-refractivity contribution in [3.63, 3.8) is 0 Å². The zero-order valence-electron chi connectivity index (χ0n) is 12.5. The number of nitrogens with zero attached hydrogens (tertiary/aromatic N) is 1. The molecular weight excluding hydrogens is 260 g/mol. The maximum atomic E-state index is 11.7. The topological polar surface area (TPSA) is 96.7 Å². The average molecular weight is 286 g/mol. The highest BCUT2D eigenvalue weighted by molar-refractivity contribution is 5.80. The quantitative estimate of drug-likeness (QED) is 0.329. The number of hydrogen-bond acceptors (Lipinski definition) is 5. The highest BCUT2D eigenvalue weighted by Crippen LogP contribution is 2.20. The lowest BCUT2D eigenvalue weighted by Gasteiger charge is -2.24. The van der Waals surface area contributed by atoms with Gasteiger partial charge in [-0.3, -0.25) is 19.9 Å². The number of ether oxygens (including phenoxy) is 1. The van der Waals surface area contributed by atoms with Gasteiger partial charge in [-0.05, 0) is 33.2 Å². The first-order valence-corrected chi connectivity index (χ1v) is 7.13. The molecule has 7 heteroatoms. The van der Waals surface area contributed by atoms with Crippen LogP contribution in [0.25, 0.3) is 0 Å². The van der Waals surface area contributed by atoms with Crippen LogP contribution in [0.5, 0.6) is 0 Å². The minimum atomic E-state index is -0.465. The second-order valence-electron chi connectivity index (χ2n) is 5.38. The van der Waals surface area contributed by atoms with Crippen LogP contribution in [-0.4, -0.2) is 54.6 Å². The molecule has 0 saturated carbocycles. The Bertz CT molecular complexity index is 336. The van der Waals surface area contributed by atoms with Gasteiger partial charge in [0.2, 0.25) is 5.91 Å². The van der Waals surface area contributed by atoms with Crippen molar-refractivity contribution in [3.8, 4) is 0 Å². The van der Waals surface area contributed by atoms with Crippen LogP contribution in [0, 0.1) is 0 Å². The molecule has 1 aliphatic rings. The monoisotopic (exact) mass is 286 g/mol. The molecule has 0 aromatic carbocycles. The highest BCUT2D eigenvalue weighted by Gasteiger charge is 2.31. The van der Waals surface area contributed by atoms with Gasteiger partial charge in [0.05, 0.1) is 12.6 Å². The van der Waals surface area contributed by atoms with E-state index in [4.69, 9.17) is 10.6 Å². The lowest BCUT2D eigenvalue weighted by atomic mass is 10.2. The van der Waals surface area contributed by atoms with Crippen LogP contribution in [0.15, 0.2) is 0 Å². The minimum Gasteiger partial charge on any atom is -0.364 e. The smallest absolute Gasteiger partial charge is 0.263 e. The van der Waals surface area contributed by atoms with Crippen LogP contribution in [0.4, 0.5) is 0 Å². The molecule has 0 aromatic rings. The molecule has 4 N–H and O–H groups in total. The summed E-state index contributed by atoms with van der Waals surface area (Å²) >= 11 is 0. The van der Waals surface area contributed by atoms with Gasteiger partial charge in [0.1, 0.15) is 6.10 Å². The number of rotatable bonds is 7. The molecule has 1 rings (SSSR count). The van der Waals surface area contributed by atoms with Crippen molar-refractivity contribution < 1.29 is 14.3 Å². The van der Waals surface area contributed by atoms with Crippen molar-refractivity contribution in [3.05, 3.63) is 0 Å². The second-order valence-corrected chi connectivity index (χ2v) is 5.38. The predicted molar refractivity (Wildman–Crippen MR) is 75.6 cm³/mol. The van der Waals surface area contributed by atoms with E-state index in [0.717, 1.165) is 13.0 Å². The largest absolute Gasteiger partial charge is 0.364 e. The van der Waals surface area contributed by atoms with Gasteiger partial charge in [-0.15, -0.1) is 0 Å². The van der Waals surface area contributed by atoms with E-state index in [9.17, 15) is 9.59 Å². The maximum Gasteiger partial charge on any atom is 0.263 e. The predicted octanol–water partition coefficient (Wildman–Crippen LogP) is -0.630. The van der Waals surface area contributed by atoms with E-state index in [2.05, 4.69) is 10.7 Å². The van der Waals surface area contributed by atoms with E-state index in [1.165, 1.54) is 0 Å². The molecule has 1 heterocycles.